The molecule has 0 aliphatic heterocycles. The second-order valence-electron chi connectivity index (χ2n) is 4.61. The predicted molar refractivity (Wildman–Crippen MR) is 72.8 cm³/mol. The van der Waals surface area contributed by atoms with Crippen LogP contribution in [0.25, 0.3) is 5.57 Å². The lowest BCUT2D eigenvalue weighted by atomic mass is 9.99. The van der Waals surface area contributed by atoms with Crippen molar-refractivity contribution in [3.05, 3.63) is 77.9 Å². The van der Waals surface area contributed by atoms with E-state index in [0.29, 0.717) is 5.92 Å². The fourth-order valence-corrected chi connectivity index (χ4v) is 2.58. The maximum atomic E-state index is 2.44. The van der Waals surface area contributed by atoms with Crippen LogP contribution >= 0.6 is 0 Å². The topological polar surface area (TPSA) is 0 Å². The van der Waals surface area contributed by atoms with Gasteiger partial charge in [0.15, 0.2) is 0 Å². The molecule has 0 heterocycles. The number of hydrogen-bond acceptors (Lipinski definition) is 0. The Hall–Kier alpha value is -1.82. The molecule has 2 aromatic carbocycles. The molecule has 0 nitrogen and oxygen atoms in total. The van der Waals surface area contributed by atoms with Crippen molar-refractivity contribution in [3.63, 3.8) is 0 Å². The maximum Gasteiger partial charge on any atom is 0.00271 e. The lowest BCUT2D eigenvalue weighted by Crippen LogP contribution is -1.88. The van der Waals surface area contributed by atoms with Gasteiger partial charge in [-0.05, 0) is 29.5 Å². The van der Waals surface area contributed by atoms with E-state index < -0.39 is 0 Å². The first kappa shape index (κ1) is 10.3. The van der Waals surface area contributed by atoms with Gasteiger partial charge in [0.1, 0.15) is 0 Å². The molecule has 3 rings (SSSR count). The Morgan fingerprint density at radius 1 is 0.765 bits per heavy atom. The third-order valence-corrected chi connectivity index (χ3v) is 3.50. The summed E-state index contributed by atoms with van der Waals surface area (Å²) in [6.07, 6.45) is 4.88. The van der Waals surface area contributed by atoms with Gasteiger partial charge in [0, 0.05) is 5.92 Å². The van der Waals surface area contributed by atoms with Crippen LogP contribution in [0.2, 0.25) is 0 Å². The summed E-state index contributed by atoms with van der Waals surface area (Å²) in [5, 5.41) is 0. The fraction of sp³-hybridized carbons (Fsp3) is 0.176. The lowest BCUT2D eigenvalue weighted by molar-refractivity contribution is 0.803. The Labute approximate surface area is 103 Å². The summed E-state index contributed by atoms with van der Waals surface area (Å²) in [5.74, 6) is 0.603. The first-order chi connectivity index (χ1) is 8.43. The van der Waals surface area contributed by atoms with E-state index in [1.807, 2.05) is 0 Å². The number of allylic oxidation sites excluding steroid dienone is 2. The van der Waals surface area contributed by atoms with Gasteiger partial charge in [-0.3, -0.25) is 0 Å². The molecule has 0 bridgehead atoms. The molecule has 0 saturated heterocycles. The van der Waals surface area contributed by atoms with Crippen LogP contribution in [0.1, 0.15) is 29.9 Å². The molecule has 17 heavy (non-hydrogen) atoms. The molecule has 0 heteroatoms. The SMILES string of the molecule is C1=C(c2ccccc2)CCC1c1ccccc1. The second kappa shape index (κ2) is 4.58. The summed E-state index contributed by atoms with van der Waals surface area (Å²) < 4.78 is 0. The molecular formula is C17H16. The molecule has 84 valence electrons. The first-order valence-electron chi connectivity index (χ1n) is 6.24. The van der Waals surface area contributed by atoms with Crippen molar-refractivity contribution in [2.24, 2.45) is 0 Å². The summed E-state index contributed by atoms with van der Waals surface area (Å²) in [6, 6.07) is 21.5. The van der Waals surface area contributed by atoms with Crippen LogP contribution in [-0.2, 0) is 0 Å². The molecule has 2 aromatic rings. The average molecular weight is 220 g/mol. The predicted octanol–water partition coefficient (Wildman–Crippen LogP) is 4.65. The van der Waals surface area contributed by atoms with Crippen LogP contribution in [0.5, 0.6) is 0 Å². The standard InChI is InChI=1S/C17H16/c1-3-7-14(8-4-1)16-11-12-17(13-16)15-9-5-2-6-10-15/h1-10,13,16H,11-12H2. The molecule has 1 unspecified atom stereocenters. The second-order valence-corrected chi connectivity index (χ2v) is 4.61. The van der Waals surface area contributed by atoms with E-state index in [-0.39, 0.29) is 0 Å². The Morgan fingerprint density at radius 2 is 1.41 bits per heavy atom. The van der Waals surface area contributed by atoms with Gasteiger partial charge in [-0.1, -0.05) is 66.7 Å². The van der Waals surface area contributed by atoms with Gasteiger partial charge < -0.3 is 0 Å². The van der Waals surface area contributed by atoms with E-state index in [4.69, 9.17) is 0 Å². The highest BCUT2D eigenvalue weighted by Crippen LogP contribution is 2.37. The normalized spacial score (nSPS) is 19.1. The Balaban J connectivity index is 1.87. The summed E-state index contributed by atoms with van der Waals surface area (Å²) in [4.78, 5) is 0. The molecule has 0 N–H and O–H groups in total. The highest BCUT2D eigenvalue weighted by Gasteiger charge is 2.17. The van der Waals surface area contributed by atoms with Crippen molar-refractivity contribution in [2.45, 2.75) is 18.8 Å². The van der Waals surface area contributed by atoms with Crippen molar-refractivity contribution in [2.75, 3.05) is 0 Å². The number of hydrogen-bond donors (Lipinski definition) is 0. The van der Waals surface area contributed by atoms with Crippen LogP contribution < -0.4 is 0 Å². The van der Waals surface area contributed by atoms with Gasteiger partial charge in [0.25, 0.3) is 0 Å². The molecule has 1 aliphatic rings. The van der Waals surface area contributed by atoms with E-state index >= 15 is 0 Å². The van der Waals surface area contributed by atoms with E-state index in [1.165, 1.54) is 29.5 Å². The van der Waals surface area contributed by atoms with Gasteiger partial charge in [-0.15, -0.1) is 0 Å². The molecule has 1 atom stereocenters. The van der Waals surface area contributed by atoms with Crippen LogP contribution in [0.4, 0.5) is 0 Å². The maximum absolute atomic E-state index is 2.44. The van der Waals surface area contributed by atoms with E-state index in [1.54, 1.807) is 0 Å². The van der Waals surface area contributed by atoms with E-state index in [0.717, 1.165) is 0 Å². The number of benzene rings is 2. The molecular weight excluding hydrogens is 204 g/mol. The zero-order valence-electron chi connectivity index (χ0n) is 9.84. The highest BCUT2D eigenvalue weighted by molar-refractivity contribution is 5.68. The molecule has 0 fully saturated rings. The van der Waals surface area contributed by atoms with Crippen LogP contribution in [0, 0.1) is 0 Å². The van der Waals surface area contributed by atoms with Crippen molar-refractivity contribution in [1.29, 1.82) is 0 Å². The Bertz CT molecular complexity index is 508. The van der Waals surface area contributed by atoms with Crippen molar-refractivity contribution < 1.29 is 0 Å². The average Bonchev–Trinajstić information content (AvgIpc) is 2.90. The van der Waals surface area contributed by atoms with Crippen molar-refractivity contribution in [1.82, 2.24) is 0 Å². The monoisotopic (exact) mass is 220 g/mol. The van der Waals surface area contributed by atoms with E-state index in [9.17, 15) is 0 Å². The lowest BCUT2D eigenvalue weighted by Gasteiger charge is -2.05. The van der Waals surface area contributed by atoms with Crippen molar-refractivity contribution >= 4 is 5.57 Å². The zero-order valence-corrected chi connectivity index (χ0v) is 9.84. The van der Waals surface area contributed by atoms with Gasteiger partial charge in [0.2, 0.25) is 0 Å². The summed E-state index contributed by atoms with van der Waals surface area (Å²) in [5.41, 5.74) is 4.32. The van der Waals surface area contributed by atoms with Crippen LogP contribution in [0.3, 0.4) is 0 Å². The largest absolute Gasteiger partial charge is 0.0732 e. The van der Waals surface area contributed by atoms with Crippen LogP contribution in [-0.4, -0.2) is 0 Å². The van der Waals surface area contributed by atoms with Crippen molar-refractivity contribution in [3.8, 4) is 0 Å². The van der Waals surface area contributed by atoms with Crippen LogP contribution in [0.15, 0.2) is 66.7 Å². The Morgan fingerprint density at radius 3 is 2.12 bits per heavy atom. The minimum atomic E-state index is 0.603. The molecule has 1 aliphatic carbocycles. The molecule has 0 amide bonds. The smallest absolute Gasteiger partial charge is 0.00271 e. The fourth-order valence-electron chi connectivity index (χ4n) is 2.58. The van der Waals surface area contributed by atoms with E-state index in [2.05, 4.69) is 66.7 Å². The first-order valence-corrected chi connectivity index (χ1v) is 6.24. The minimum Gasteiger partial charge on any atom is -0.0732 e. The number of rotatable bonds is 2. The third kappa shape index (κ3) is 2.16. The molecule has 0 spiro atoms. The summed E-state index contributed by atoms with van der Waals surface area (Å²) in [7, 11) is 0. The third-order valence-electron chi connectivity index (χ3n) is 3.50. The molecule has 0 saturated carbocycles. The molecule has 0 radical (unpaired) electrons. The quantitative estimate of drug-likeness (QED) is 0.691. The molecule has 0 aromatic heterocycles. The zero-order chi connectivity index (χ0) is 11.5. The Kier molecular flexibility index (Phi) is 2.79. The van der Waals surface area contributed by atoms with Gasteiger partial charge in [-0.25, -0.2) is 0 Å². The summed E-state index contributed by atoms with van der Waals surface area (Å²) in [6.45, 7) is 0. The van der Waals surface area contributed by atoms with Gasteiger partial charge in [-0.2, -0.15) is 0 Å². The van der Waals surface area contributed by atoms with Gasteiger partial charge >= 0.3 is 0 Å². The minimum absolute atomic E-state index is 0.603. The highest BCUT2D eigenvalue weighted by atomic mass is 14.2. The summed E-state index contributed by atoms with van der Waals surface area (Å²) >= 11 is 0. The van der Waals surface area contributed by atoms with Gasteiger partial charge in [0.05, 0.1) is 0 Å².